The van der Waals surface area contributed by atoms with Gasteiger partial charge in [-0.05, 0) is 50.6 Å². The van der Waals surface area contributed by atoms with Gasteiger partial charge in [0.25, 0.3) is 0 Å². The standard InChI is InChI=1S/C21H25NO2S/c1-15-4-6-18(7-5-15)14-23-20-10-8-19(9-11-20)21(25)22-12-16(2)24-17(3)13-22/h4-11,16-17H,12-14H2,1-3H3/t16-,17-/m0/s1. The molecular formula is C21H25NO2S. The van der Waals surface area contributed by atoms with Gasteiger partial charge in [0.2, 0.25) is 0 Å². The van der Waals surface area contributed by atoms with Crippen LogP contribution in [0.25, 0.3) is 0 Å². The summed E-state index contributed by atoms with van der Waals surface area (Å²) in [5.41, 5.74) is 3.48. The summed E-state index contributed by atoms with van der Waals surface area (Å²) in [7, 11) is 0. The van der Waals surface area contributed by atoms with Crippen LogP contribution in [0.5, 0.6) is 5.75 Å². The van der Waals surface area contributed by atoms with Gasteiger partial charge in [-0.3, -0.25) is 0 Å². The van der Waals surface area contributed by atoms with Crippen LogP contribution < -0.4 is 4.74 Å². The van der Waals surface area contributed by atoms with Crippen molar-refractivity contribution in [2.45, 2.75) is 39.6 Å². The van der Waals surface area contributed by atoms with Crippen molar-refractivity contribution < 1.29 is 9.47 Å². The van der Waals surface area contributed by atoms with Gasteiger partial charge in [0.1, 0.15) is 17.3 Å². The number of thiocarbonyl (C=S) groups is 1. The fraction of sp³-hybridized carbons (Fsp3) is 0.381. The van der Waals surface area contributed by atoms with E-state index in [1.54, 1.807) is 0 Å². The van der Waals surface area contributed by atoms with Crippen LogP contribution in [-0.4, -0.2) is 35.2 Å². The van der Waals surface area contributed by atoms with E-state index in [0.29, 0.717) is 6.61 Å². The van der Waals surface area contributed by atoms with Crippen LogP contribution in [0.2, 0.25) is 0 Å². The second-order valence-electron chi connectivity index (χ2n) is 6.77. The zero-order chi connectivity index (χ0) is 17.8. The third kappa shape index (κ3) is 4.80. The van der Waals surface area contributed by atoms with E-state index < -0.39 is 0 Å². The van der Waals surface area contributed by atoms with Crippen molar-refractivity contribution in [3.8, 4) is 5.75 Å². The van der Waals surface area contributed by atoms with Crippen LogP contribution >= 0.6 is 12.2 Å². The van der Waals surface area contributed by atoms with Gasteiger partial charge in [-0.15, -0.1) is 0 Å². The van der Waals surface area contributed by atoms with Crippen LogP contribution in [-0.2, 0) is 11.3 Å². The van der Waals surface area contributed by atoms with E-state index in [1.807, 2.05) is 24.3 Å². The number of aryl methyl sites for hydroxylation is 1. The van der Waals surface area contributed by atoms with Gasteiger partial charge in [-0.1, -0.05) is 42.0 Å². The Kier molecular flexibility index (Phi) is 5.71. The molecule has 2 aromatic carbocycles. The van der Waals surface area contributed by atoms with E-state index in [9.17, 15) is 0 Å². The lowest BCUT2D eigenvalue weighted by Crippen LogP contribution is -2.47. The third-order valence-electron chi connectivity index (χ3n) is 4.33. The normalized spacial score (nSPS) is 20.4. The Morgan fingerprint density at radius 1 is 1.04 bits per heavy atom. The predicted molar refractivity (Wildman–Crippen MR) is 105 cm³/mol. The van der Waals surface area contributed by atoms with Crippen LogP contribution in [0, 0.1) is 6.92 Å². The average Bonchev–Trinajstić information content (AvgIpc) is 2.60. The maximum atomic E-state index is 5.87. The Morgan fingerprint density at radius 3 is 2.24 bits per heavy atom. The van der Waals surface area contributed by atoms with Crippen LogP contribution in [0.15, 0.2) is 48.5 Å². The van der Waals surface area contributed by atoms with Gasteiger partial charge in [-0.2, -0.15) is 0 Å². The molecule has 1 saturated heterocycles. The van der Waals surface area contributed by atoms with Gasteiger partial charge < -0.3 is 14.4 Å². The summed E-state index contributed by atoms with van der Waals surface area (Å²) in [6.45, 7) is 8.52. The summed E-state index contributed by atoms with van der Waals surface area (Å²) >= 11 is 5.67. The highest BCUT2D eigenvalue weighted by atomic mass is 32.1. The molecule has 4 heteroatoms. The summed E-state index contributed by atoms with van der Waals surface area (Å²) in [6.07, 6.45) is 0.414. The lowest BCUT2D eigenvalue weighted by molar-refractivity contribution is -0.0472. The maximum Gasteiger partial charge on any atom is 0.119 e. The molecule has 0 radical (unpaired) electrons. The maximum absolute atomic E-state index is 5.87. The van der Waals surface area contributed by atoms with Crippen molar-refractivity contribution in [1.82, 2.24) is 4.90 Å². The number of rotatable bonds is 4. The molecule has 1 fully saturated rings. The lowest BCUT2D eigenvalue weighted by Gasteiger charge is -2.37. The first-order valence-electron chi connectivity index (χ1n) is 8.74. The molecule has 0 amide bonds. The minimum absolute atomic E-state index is 0.207. The van der Waals surface area contributed by atoms with Crippen molar-refractivity contribution in [2.75, 3.05) is 13.1 Å². The first kappa shape index (κ1) is 17.9. The molecule has 2 atom stereocenters. The molecule has 25 heavy (non-hydrogen) atoms. The van der Waals surface area contributed by atoms with Gasteiger partial charge in [-0.25, -0.2) is 0 Å². The second-order valence-corrected chi connectivity index (χ2v) is 7.15. The molecule has 0 spiro atoms. The molecule has 3 nitrogen and oxygen atoms in total. The van der Waals surface area contributed by atoms with Crippen molar-refractivity contribution in [3.63, 3.8) is 0 Å². The SMILES string of the molecule is Cc1ccc(COc2ccc(C(=S)N3C[C@H](C)O[C@@H](C)C3)cc2)cc1. The fourth-order valence-corrected chi connectivity index (χ4v) is 3.36. The summed E-state index contributed by atoms with van der Waals surface area (Å²) in [5.74, 6) is 0.857. The number of ether oxygens (including phenoxy) is 2. The smallest absolute Gasteiger partial charge is 0.119 e. The Balaban J connectivity index is 1.59. The summed E-state index contributed by atoms with van der Waals surface area (Å²) in [5, 5.41) is 0. The quantitative estimate of drug-likeness (QED) is 0.760. The molecule has 0 saturated carbocycles. The number of hydrogen-bond acceptors (Lipinski definition) is 3. The molecule has 132 valence electrons. The topological polar surface area (TPSA) is 21.7 Å². The van der Waals surface area contributed by atoms with Gasteiger partial charge >= 0.3 is 0 Å². The highest BCUT2D eigenvalue weighted by Gasteiger charge is 2.24. The molecule has 1 heterocycles. The highest BCUT2D eigenvalue weighted by Crippen LogP contribution is 2.19. The number of hydrogen-bond donors (Lipinski definition) is 0. The number of benzene rings is 2. The summed E-state index contributed by atoms with van der Waals surface area (Å²) in [4.78, 5) is 3.11. The van der Waals surface area contributed by atoms with Gasteiger partial charge in [0.15, 0.2) is 0 Å². The van der Waals surface area contributed by atoms with E-state index >= 15 is 0 Å². The molecule has 1 aliphatic rings. The van der Waals surface area contributed by atoms with Crippen LogP contribution in [0.1, 0.15) is 30.5 Å². The van der Waals surface area contributed by atoms with Crippen molar-refractivity contribution in [1.29, 1.82) is 0 Å². The Labute approximate surface area is 155 Å². The summed E-state index contributed by atoms with van der Waals surface area (Å²) in [6, 6.07) is 16.5. The van der Waals surface area contributed by atoms with E-state index in [0.717, 1.165) is 29.4 Å². The Bertz CT molecular complexity index is 702. The first-order chi connectivity index (χ1) is 12.0. The highest BCUT2D eigenvalue weighted by molar-refractivity contribution is 7.80. The second kappa shape index (κ2) is 7.98. The molecule has 0 aliphatic carbocycles. The molecule has 0 N–H and O–H groups in total. The van der Waals surface area contributed by atoms with Crippen molar-refractivity contribution in [3.05, 3.63) is 65.2 Å². The zero-order valence-corrected chi connectivity index (χ0v) is 15.9. The fourth-order valence-electron chi connectivity index (χ4n) is 3.07. The monoisotopic (exact) mass is 355 g/mol. The van der Waals surface area contributed by atoms with E-state index in [4.69, 9.17) is 21.7 Å². The van der Waals surface area contributed by atoms with Gasteiger partial charge in [0, 0.05) is 18.7 Å². The molecule has 0 unspecified atom stereocenters. The molecule has 0 aromatic heterocycles. The zero-order valence-electron chi connectivity index (χ0n) is 15.1. The van der Waals surface area contributed by atoms with E-state index in [1.165, 1.54) is 11.1 Å². The molecule has 3 rings (SSSR count). The number of morpholine rings is 1. The molecule has 2 aromatic rings. The van der Waals surface area contributed by atoms with E-state index in [-0.39, 0.29) is 12.2 Å². The van der Waals surface area contributed by atoms with Crippen LogP contribution in [0.3, 0.4) is 0 Å². The Hall–Kier alpha value is -1.91. The van der Waals surface area contributed by atoms with Crippen LogP contribution in [0.4, 0.5) is 0 Å². The average molecular weight is 356 g/mol. The Morgan fingerprint density at radius 2 is 1.64 bits per heavy atom. The lowest BCUT2D eigenvalue weighted by atomic mass is 10.1. The van der Waals surface area contributed by atoms with Crippen molar-refractivity contribution >= 4 is 17.2 Å². The minimum atomic E-state index is 0.207. The van der Waals surface area contributed by atoms with E-state index in [2.05, 4.69) is 49.9 Å². The predicted octanol–water partition coefficient (Wildman–Crippen LogP) is 4.36. The largest absolute Gasteiger partial charge is 0.489 e. The number of nitrogens with zero attached hydrogens (tertiary/aromatic N) is 1. The summed E-state index contributed by atoms with van der Waals surface area (Å²) < 4.78 is 11.7. The first-order valence-corrected chi connectivity index (χ1v) is 9.15. The molecule has 1 aliphatic heterocycles. The van der Waals surface area contributed by atoms with Crippen molar-refractivity contribution in [2.24, 2.45) is 0 Å². The minimum Gasteiger partial charge on any atom is -0.489 e. The molecular weight excluding hydrogens is 330 g/mol. The molecule has 0 bridgehead atoms. The third-order valence-corrected chi connectivity index (χ3v) is 4.83. The van der Waals surface area contributed by atoms with Gasteiger partial charge in [0.05, 0.1) is 12.2 Å².